The van der Waals surface area contributed by atoms with E-state index in [4.69, 9.17) is 5.73 Å². The third kappa shape index (κ3) is 2.53. The van der Waals surface area contributed by atoms with Gasteiger partial charge in [-0.2, -0.15) is 0 Å². The molecule has 1 unspecified atom stereocenters. The lowest BCUT2D eigenvalue weighted by Gasteiger charge is -2.35. The first-order chi connectivity index (χ1) is 9.69. The number of hydrogen-bond donors (Lipinski definition) is 1. The highest BCUT2D eigenvalue weighted by molar-refractivity contribution is 7.10. The number of hydrogen-bond acceptors (Lipinski definition) is 3. The second kappa shape index (κ2) is 5.68. The number of nitrogens with zero attached hydrogens (tertiary/aromatic N) is 1. The molecule has 1 aliphatic heterocycles. The fraction of sp³-hybridized carbons (Fsp3) is 0.412. The summed E-state index contributed by atoms with van der Waals surface area (Å²) in [6.45, 7) is 7.18. The lowest BCUT2D eigenvalue weighted by molar-refractivity contribution is 0.184. The van der Waals surface area contributed by atoms with Crippen molar-refractivity contribution in [1.82, 2.24) is 4.90 Å². The molecule has 1 aromatic heterocycles. The fourth-order valence-electron chi connectivity index (χ4n) is 3.21. The summed E-state index contributed by atoms with van der Waals surface area (Å²) in [4.78, 5) is 4.09. The second-order valence-corrected chi connectivity index (χ2v) is 6.70. The smallest absolute Gasteiger partial charge is 0.0476 e. The third-order valence-corrected chi connectivity index (χ3v) is 5.31. The van der Waals surface area contributed by atoms with Gasteiger partial charge < -0.3 is 5.73 Å². The molecular formula is C17H22N2S. The topological polar surface area (TPSA) is 29.3 Å². The van der Waals surface area contributed by atoms with E-state index in [1.54, 1.807) is 4.88 Å². The minimum atomic E-state index is 0.337. The maximum absolute atomic E-state index is 6.10. The molecule has 20 heavy (non-hydrogen) atoms. The molecular weight excluding hydrogens is 264 g/mol. The Kier molecular flexibility index (Phi) is 3.92. The zero-order chi connectivity index (χ0) is 14.1. The Morgan fingerprint density at radius 3 is 2.90 bits per heavy atom. The van der Waals surface area contributed by atoms with Gasteiger partial charge in [-0.15, -0.1) is 11.3 Å². The zero-order valence-corrected chi connectivity index (χ0v) is 13.0. The highest BCUT2D eigenvalue weighted by Gasteiger charge is 2.25. The molecule has 0 bridgehead atoms. The van der Waals surface area contributed by atoms with Crippen LogP contribution in [0.1, 0.15) is 33.2 Å². The minimum absolute atomic E-state index is 0.337. The summed E-state index contributed by atoms with van der Waals surface area (Å²) in [5.41, 5.74) is 11.7. The number of thiophene rings is 1. The second-order valence-electron chi connectivity index (χ2n) is 5.70. The first-order valence-electron chi connectivity index (χ1n) is 7.25. The van der Waals surface area contributed by atoms with Gasteiger partial charge in [-0.25, -0.2) is 0 Å². The van der Waals surface area contributed by atoms with Crippen molar-refractivity contribution in [3.8, 4) is 0 Å². The van der Waals surface area contributed by atoms with Crippen LogP contribution in [0.2, 0.25) is 0 Å². The predicted octanol–water partition coefficient (Wildman–Crippen LogP) is 3.42. The molecule has 0 saturated heterocycles. The predicted molar refractivity (Wildman–Crippen MR) is 86.1 cm³/mol. The van der Waals surface area contributed by atoms with Gasteiger partial charge in [0.1, 0.15) is 0 Å². The first-order valence-corrected chi connectivity index (χ1v) is 8.13. The van der Waals surface area contributed by atoms with E-state index in [1.807, 2.05) is 11.3 Å². The van der Waals surface area contributed by atoms with Gasteiger partial charge in [-0.1, -0.05) is 23.8 Å². The van der Waals surface area contributed by atoms with E-state index < -0.39 is 0 Å². The Morgan fingerprint density at radius 2 is 2.15 bits per heavy atom. The molecule has 1 aromatic carbocycles. The van der Waals surface area contributed by atoms with Gasteiger partial charge >= 0.3 is 0 Å². The Bertz CT molecular complexity index is 603. The van der Waals surface area contributed by atoms with E-state index in [0.717, 1.165) is 19.5 Å². The number of aryl methyl sites for hydroxylation is 2. The number of rotatable bonds is 3. The lowest BCUT2D eigenvalue weighted by atomic mass is 9.96. The average molecular weight is 286 g/mol. The summed E-state index contributed by atoms with van der Waals surface area (Å²) in [5.74, 6) is 0. The van der Waals surface area contributed by atoms with Crippen molar-refractivity contribution in [1.29, 1.82) is 0 Å². The minimum Gasteiger partial charge on any atom is -0.329 e. The number of benzene rings is 1. The van der Waals surface area contributed by atoms with Crippen molar-refractivity contribution >= 4 is 11.3 Å². The molecule has 1 aliphatic rings. The molecule has 0 amide bonds. The molecule has 2 heterocycles. The highest BCUT2D eigenvalue weighted by Crippen LogP contribution is 2.31. The first kappa shape index (κ1) is 13.8. The summed E-state index contributed by atoms with van der Waals surface area (Å²) >= 11 is 1.89. The van der Waals surface area contributed by atoms with Crippen molar-refractivity contribution < 1.29 is 0 Å². The van der Waals surface area contributed by atoms with Crippen molar-refractivity contribution in [2.24, 2.45) is 5.73 Å². The van der Waals surface area contributed by atoms with Crippen LogP contribution in [-0.4, -0.2) is 18.0 Å². The third-order valence-electron chi connectivity index (χ3n) is 4.29. The molecule has 2 aromatic rings. The molecule has 3 rings (SSSR count). The summed E-state index contributed by atoms with van der Waals surface area (Å²) in [5, 5.41) is 2.21. The monoisotopic (exact) mass is 286 g/mol. The summed E-state index contributed by atoms with van der Waals surface area (Å²) < 4.78 is 0. The average Bonchev–Trinajstić information content (AvgIpc) is 2.89. The SMILES string of the molecule is Cc1ccc(C(CN)N2CCc3sccc3C2)c(C)c1. The van der Waals surface area contributed by atoms with E-state index in [0.29, 0.717) is 12.6 Å². The van der Waals surface area contributed by atoms with Crippen LogP contribution in [0, 0.1) is 13.8 Å². The Balaban J connectivity index is 1.87. The highest BCUT2D eigenvalue weighted by atomic mass is 32.1. The van der Waals surface area contributed by atoms with E-state index in [-0.39, 0.29) is 0 Å². The lowest BCUT2D eigenvalue weighted by Crippen LogP contribution is -2.37. The molecule has 1 atom stereocenters. The Labute approximate surface area is 125 Å². The maximum Gasteiger partial charge on any atom is 0.0476 e. The summed E-state index contributed by atoms with van der Waals surface area (Å²) in [6.07, 6.45) is 1.16. The molecule has 2 nitrogen and oxygen atoms in total. The van der Waals surface area contributed by atoms with E-state index in [2.05, 4.69) is 48.4 Å². The van der Waals surface area contributed by atoms with E-state index in [9.17, 15) is 0 Å². The van der Waals surface area contributed by atoms with Gasteiger partial charge in [0.25, 0.3) is 0 Å². The molecule has 3 heteroatoms. The quantitative estimate of drug-likeness (QED) is 0.936. The molecule has 0 aliphatic carbocycles. The van der Waals surface area contributed by atoms with Crippen molar-refractivity contribution in [2.45, 2.75) is 32.9 Å². The fourth-order valence-corrected chi connectivity index (χ4v) is 4.10. The molecule has 106 valence electrons. The van der Waals surface area contributed by atoms with Crippen LogP contribution in [0.15, 0.2) is 29.6 Å². The Morgan fingerprint density at radius 1 is 1.30 bits per heavy atom. The van der Waals surface area contributed by atoms with Crippen LogP contribution in [-0.2, 0) is 13.0 Å². The van der Waals surface area contributed by atoms with Gasteiger partial charge in [0.05, 0.1) is 0 Å². The standard InChI is InChI=1S/C17H22N2S/c1-12-3-4-15(13(2)9-12)16(10-18)19-7-5-17-14(11-19)6-8-20-17/h3-4,6,8-9,16H,5,7,10-11,18H2,1-2H3. The molecule has 0 spiro atoms. The van der Waals surface area contributed by atoms with Crippen molar-refractivity contribution in [3.63, 3.8) is 0 Å². The van der Waals surface area contributed by atoms with E-state index >= 15 is 0 Å². The van der Waals surface area contributed by atoms with Crippen molar-refractivity contribution in [3.05, 3.63) is 56.8 Å². The van der Waals surface area contributed by atoms with Crippen molar-refractivity contribution in [2.75, 3.05) is 13.1 Å². The van der Waals surface area contributed by atoms with Gasteiger partial charge in [-0.3, -0.25) is 4.90 Å². The van der Waals surface area contributed by atoms with Gasteiger partial charge in [0.15, 0.2) is 0 Å². The van der Waals surface area contributed by atoms with Crippen LogP contribution < -0.4 is 5.73 Å². The largest absolute Gasteiger partial charge is 0.329 e. The summed E-state index contributed by atoms with van der Waals surface area (Å²) in [7, 11) is 0. The molecule has 0 radical (unpaired) electrons. The summed E-state index contributed by atoms with van der Waals surface area (Å²) in [6, 6.07) is 9.32. The van der Waals surface area contributed by atoms with E-state index in [1.165, 1.54) is 22.3 Å². The molecule has 2 N–H and O–H groups in total. The van der Waals surface area contributed by atoms with Gasteiger partial charge in [0, 0.05) is 30.6 Å². The van der Waals surface area contributed by atoms with Crippen LogP contribution in [0.25, 0.3) is 0 Å². The van der Waals surface area contributed by atoms with Crippen LogP contribution >= 0.6 is 11.3 Å². The normalized spacial score (nSPS) is 16.9. The van der Waals surface area contributed by atoms with Crippen LogP contribution in [0.4, 0.5) is 0 Å². The Hall–Kier alpha value is -1.16. The molecule has 0 fully saturated rings. The van der Waals surface area contributed by atoms with Gasteiger partial charge in [-0.05, 0) is 48.4 Å². The number of nitrogens with two attached hydrogens (primary N) is 1. The molecule has 0 saturated carbocycles. The maximum atomic E-state index is 6.10. The zero-order valence-electron chi connectivity index (χ0n) is 12.2. The number of fused-ring (bicyclic) bond motifs is 1. The van der Waals surface area contributed by atoms with Crippen LogP contribution in [0.5, 0.6) is 0 Å². The van der Waals surface area contributed by atoms with Crippen LogP contribution in [0.3, 0.4) is 0 Å². The van der Waals surface area contributed by atoms with Gasteiger partial charge in [0.2, 0.25) is 0 Å².